The molecule has 1 heterocycles. The normalized spacial score (nSPS) is 19.8. The van der Waals surface area contributed by atoms with Crippen LogP contribution in [0, 0.1) is 0 Å². The number of nitrogens with one attached hydrogen (secondary N) is 1. The van der Waals surface area contributed by atoms with Gasteiger partial charge in [0.15, 0.2) is 5.78 Å². The molecule has 0 bridgehead atoms. The molecule has 0 amide bonds. The number of carbonyl (C=O) groups is 1. The zero-order valence-corrected chi connectivity index (χ0v) is 9.75. The summed E-state index contributed by atoms with van der Waals surface area (Å²) >= 11 is 0. The van der Waals surface area contributed by atoms with E-state index in [9.17, 15) is 4.79 Å². The van der Waals surface area contributed by atoms with Gasteiger partial charge >= 0.3 is 0 Å². The highest BCUT2D eigenvalue weighted by Gasteiger charge is 2.19. The number of anilines is 1. The van der Waals surface area contributed by atoms with E-state index in [-0.39, 0.29) is 11.9 Å². The van der Waals surface area contributed by atoms with E-state index in [1.165, 1.54) is 0 Å². The standard InChI is InChI=1S/C13H17NO2/c1-9(15)11-6-5-10(8-12(11)14-2)13-4-3-7-16-13/h5-6,8,13-14H,3-4,7H2,1-2H3. The molecule has 1 aliphatic heterocycles. The van der Waals surface area contributed by atoms with Gasteiger partial charge in [0.2, 0.25) is 0 Å². The van der Waals surface area contributed by atoms with Gasteiger partial charge in [0.1, 0.15) is 0 Å². The van der Waals surface area contributed by atoms with Gasteiger partial charge in [-0.1, -0.05) is 6.07 Å². The molecule has 1 unspecified atom stereocenters. The van der Waals surface area contributed by atoms with Gasteiger partial charge in [0.25, 0.3) is 0 Å². The fourth-order valence-corrected chi connectivity index (χ4v) is 2.12. The zero-order chi connectivity index (χ0) is 11.5. The molecule has 3 heteroatoms. The lowest BCUT2D eigenvalue weighted by Gasteiger charge is -2.13. The summed E-state index contributed by atoms with van der Waals surface area (Å²) in [6.07, 6.45) is 2.39. The fraction of sp³-hybridized carbons (Fsp3) is 0.462. The summed E-state index contributed by atoms with van der Waals surface area (Å²) in [4.78, 5) is 11.4. The summed E-state index contributed by atoms with van der Waals surface area (Å²) in [5.74, 6) is 0.0863. The minimum absolute atomic E-state index is 0.0863. The van der Waals surface area contributed by atoms with Gasteiger partial charge in [-0.3, -0.25) is 4.79 Å². The maximum absolute atomic E-state index is 11.4. The molecular weight excluding hydrogens is 202 g/mol. The van der Waals surface area contributed by atoms with Crippen LogP contribution in [0.3, 0.4) is 0 Å². The van der Waals surface area contributed by atoms with Crippen LogP contribution in [0.5, 0.6) is 0 Å². The molecule has 16 heavy (non-hydrogen) atoms. The summed E-state index contributed by atoms with van der Waals surface area (Å²) < 4.78 is 5.63. The van der Waals surface area contributed by atoms with Gasteiger partial charge in [0, 0.05) is 24.9 Å². The lowest BCUT2D eigenvalue weighted by molar-refractivity contribution is 0.101. The second-order valence-corrected chi connectivity index (χ2v) is 4.11. The molecule has 1 N–H and O–H groups in total. The maximum atomic E-state index is 11.4. The number of hydrogen-bond donors (Lipinski definition) is 1. The Labute approximate surface area is 95.8 Å². The van der Waals surface area contributed by atoms with Crippen molar-refractivity contribution in [2.45, 2.75) is 25.9 Å². The molecule has 1 saturated heterocycles. The Morgan fingerprint density at radius 1 is 1.50 bits per heavy atom. The summed E-state index contributed by atoms with van der Waals surface area (Å²) in [7, 11) is 1.83. The molecule has 1 fully saturated rings. The molecule has 0 aromatic heterocycles. The number of benzene rings is 1. The highest BCUT2D eigenvalue weighted by atomic mass is 16.5. The highest BCUT2D eigenvalue weighted by molar-refractivity contribution is 5.99. The molecule has 1 aromatic rings. The first-order chi connectivity index (χ1) is 7.72. The Bertz CT molecular complexity index is 395. The average molecular weight is 219 g/mol. The van der Waals surface area contributed by atoms with E-state index in [0.717, 1.165) is 36.3 Å². The molecular formula is C13H17NO2. The van der Waals surface area contributed by atoms with Gasteiger partial charge in [-0.05, 0) is 37.5 Å². The van der Waals surface area contributed by atoms with Crippen molar-refractivity contribution in [3.8, 4) is 0 Å². The van der Waals surface area contributed by atoms with Crippen LogP contribution in [0.2, 0.25) is 0 Å². The minimum atomic E-state index is 0.0863. The Balaban J connectivity index is 2.32. The number of hydrogen-bond acceptors (Lipinski definition) is 3. The van der Waals surface area contributed by atoms with Crippen molar-refractivity contribution in [2.75, 3.05) is 19.0 Å². The van der Waals surface area contributed by atoms with Crippen LogP contribution < -0.4 is 5.32 Å². The summed E-state index contributed by atoms with van der Waals surface area (Å²) in [6.45, 7) is 2.43. The van der Waals surface area contributed by atoms with Crippen molar-refractivity contribution in [3.63, 3.8) is 0 Å². The van der Waals surface area contributed by atoms with Gasteiger partial charge in [-0.2, -0.15) is 0 Å². The summed E-state index contributed by atoms with van der Waals surface area (Å²) in [6, 6.07) is 5.89. The number of ether oxygens (including phenoxy) is 1. The number of rotatable bonds is 3. The van der Waals surface area contributed by atoms with Gasteiger partial charge in [0.05, 0.1) is 6.10 Å². The molecule has 0 spiro atoms. The SMILES string of the molecule is CNc1cc(C2CCCO2)ccc1C(C)=O. The maximum Gasteiger partial charge on any atom is 0.161 e. The van der Waals surface area contributed by atoms with E-state index in [4.69, 9.17) is 4.74 Å². The topological polar surface area (TPSA) is 38.3 Å². The molecule has 1 aliphatic rings. The van der Waals surface area contributed by atoms with Crippen LogP contribution >= 0.6 is 0 Å². The van der Waals surface area contributed by atoms with Crippen LogP contribution in [-0.4, -0.2) is 19.4 Å². The van der Waals surface area contributed by atoms with Crippen molar-refractivity contribution in [1.82, 2.24) is 0 Å². The molecule has 86 valence electrons. The summed E-state index contributed by atoms with van der Waals surface area (Å²) in [5.41, 5.74) is 2.79. The van der Waals surface area contributed by atoms with E-state index >= 15 is 0 Å². The van der Waals surface area contributed by atoms with Crippen LogP contribution in [0.1, 0.15) is 41.8 Å². The number of Topliss-reactive ketones (excluding diaryl/α,β-unsaturated/α-hetero) is 1. The van der Waals surface area contributed by atoms with Gasteiger partial charge in [-0.25, -0.2) is 0 Å². The quantitative estimate of drug-likeness (QED) is 0.794. The Kier molecular flexibility index (Phi) is 3.25. The Morgan fingerprint density at radius 3 is 2.88 bits per heavy atom. The molecule has 0 saturated carbocycles. The molecule has 0 aliphatic carbocycles. The third-order valence-electron chi connectivity index (χ3n) is 2.99. The predicted octanol–water partition coefficient (Wildman–Crippen LogP) is 2.78. The molecule has 2 rings (SSSR count). The van der Waals surface area contributed by atoms with Crippen molar-refractivity contribution in [2.24, 2.45) is 0 Å². The van der Waals surface area contributed by atoms with E-state index in [2.05, 4.69) is 5.32 Å². The molecule has 1 atom stereocenters. The Hall–Kier alpha value is -1.35. The van der Waals surface area contributed by atoms with Crippen molar-refractivity contribution < 1.29 is 9.53 Å². The highest BCUT2D eigenvalue weighted by Crippen LogP contribution is 2.31. The van der Waals surface area contributed by atoms with Crippen molar-refractivity contribution in [3.05, 3.63) is 29.3 Å². The van der Waals surface area contributed by atoms with Crippen molar-refractivity contribution >= 4 is 11.5 Å². The van der Waals surface area contributed by atoms with E-state index in [1.54, 1.807) is 6.92 Å². The summed E-state index contributed by atoms with van der Waals surface area (Å²) in [5, 5.41) is 3.06. The molecule has 3 nitrogen and oxygen atoms in total. The van der Waals surface area contributed by atoms with Gasteiger partial charge in [-0.15, -0.1) is 0 Å². The van der Waals surface area contributed by atoms with E-state index in [0.29, 0.717) is 0 Å². The number of carbonyl (C=O) groups excluding carboxylic acids is 1. The Morgan fingerprint density at radius 2 is 2.31 bits per heavy atom. The zero-order valence-electron chi connectivity index (χ0n) is 9.75. The predicted molar refractivity (Wildman–Crippen MR) is 63.9 cm³/mol. The van der Waals surface area contributed by atoms with Crippen LogP contribution in [0.25, 0.3) is 0 Å². The smallest absolute Gasteiger partial charge is 0.161 e. The molecule has 1 aromatic carbocycles. The largest absolute Gasteiger partial charge is 0.388 e. The van der Waals surface area contributed by atoms with Gasteiger partial charge < -0.3 is 10.1 Å². The van der Waals surface area contributed by atoms with Crippen LogP contribution in [0.4, 0.5) is 5.69 Å². The second kappa shape index (κ2) is 4.66. The lowest BCUT2D eigenvalue weighted by atomic mass is 10.0. The van der Waals surface area contributed by atoms with Crippen LogP contribution in [0.15, 0.2) is 18.2 Å². The second-order valence-electron chi connectivity index (χ2n) is 4.11. The first-order valence-electron chi connectivity index (χ1n) is 5.66. The average Bonchev–Trinajstić information content (AvgIpc) is 2.81. The minimum Gasteiger partial charge on any atom is -0.388 e. The first-order valence-corrected chi connectivity index (χ1v) is 5.66. The molecule has 0 radical (unpaired) electrons. The van der Waals surface area contributed by atoms with E-state index < -0.39 is 0 Å². The van der Waals surface area contributed by atoms with Crippen LogP contribution in [-0.2, 0) is 4.74 Å². The monoisotopic (exact) mass is 219 g/mol. The van der Waals surface area contributed by atoms with Crippen molar-refractivity contribution in [1.29, 1.82) is 0 Å². The van der Waals surface area contributed by atoms with E-state index in [1.807, 2.05) is 25.2 Å². The third kappa shape index (κ3) is 2.09. The first kappa shape index (κ1) is 11.1. The lowest BCUT2D eigenvalue weighted by Crippen LogP contribution is -2.03. The fourth-order valence-electron chi connectivity index (χ4n) is 2.12. The third-order valence-corrected chi connectivity index (χ3v) is 2.99. The number of ketones is 1.